The number of halogens is 2. The highest BCUT2D eigenvalue weighted by atomic mass is 35.5. The molecule has 0 atom stereocenters. The first kappa shape index (κ1) is 18.2. The molecule has 2 aromatic heterocycles. The van der Waals surface area contributed by atoms with Gasteiger partial charge in [0.1, 0.15) is 0 Å². The van der Waals surface area contributed by atoms with E-state index >= 15 is 0 Å². The van der Waals surface area contributed by atoms with Gasteiger partial charge in [-0.3, -0.25) is 9.36 Å². The molecule has 0 bridgehead atoms. The Morgan fingerprint density at radius 2 is 1.79 bits per heavy atom. The fourth-order valence-electron chi connectivity index (χ4n) is 3.68. The molecule has 0 saturated carbocycles. The van der Waals surface area contributed by atoms with Crippen molar-refractivity contribution in [3.8, 4) is 5.69 Å². The third-order valence-electron chi connectivity index (χ3n) is 5.23. The zero-order valence-corrected chi connectivity index (χ0v) is 16.9. The molecule has 0 saturated heterocycles. The van der Waals surface area contributed by atoms with Gasteiger partial charge < -0.3 is 4.90 Å². The Labute approximate surface area is 177 Å². The molecule has 0 unspecified atom stereocenters. The van der Waals surface area contributed by atoms with E-state index in [4.69, 9.17) is 23.2 Å². The van der Waals surface area contributed by atoms with E-state index in [1.165, 1.54) is 15.7 Å². The van der Waals surface area contributed by atoms with E-state index in [1.807, 2.05) is 6.07 Å². The molecule has 0 N–H and O–H groups in total. The zero-order chi connectivity index (χ0) is 20.0. The van der Waals surface area contributed by atoms with Crippen LogP contribution in [0.5, 0.6) is 0 Å². The number of benzene rings is 2. The minimum Gasteiger partial charge on any atom is -0.336 e. The second kappa shape index (κ2) is 7.17. The monoisotopic (exact) mass is 422 g/mol. The Balaban J connectivity index is 1.52. The van der Waals surface area contributed by atoms with E-state index in [1.54, 1.807) is 30.6 Å². The quantitative estimate of drug-likeness (QED) is 0.471. The molecule has 144 valence electrons. The van der Waals surface area contributed by atoms with Gasteiger partial charge in [0.05, 0.1) is 26.6 Å². The number of rotatable bonds is 2. The second-order valence-corrected chi connectivity index (χ2v) is 7.81. The highest BCUT2D eigenvalue weighted by molar-refractivity contribution is 6.42. The van der Waals surface area contributed by atoms with Crippen molar-refractivity contribution in [2.45, 2.75) is 13.0 Å². The Kier molecular flexibility index (Phi) is 4.49. The highest BCUT2D eigenvalue weighted by Crippen LogP contribution is 2.25. The average Bonchev–Trinajstić information content (AvgIpc) is 2.75. The molecule has 0 aliphatic carbocycles. The number of anilines is 1. The van der Waals surface area contributed by atoms with Crippen molar-refractivity contribution in [3.63, 3.8) is 0 Å². The van der Waals surface area contributed by atoms with Crippen LogP contribution >= 0.6 is 23.2 Å². The van der Waals surface area contributed by atoms with Crippen molar-refractivity contribution >= 4 is 40.1 Å². The molecule has 2 aromatic carbocycles. The number of hydrogen-bond acceptors (Lipinski definition) is 4. The Bertz CT molecular complexity index is 1300. The molecular formula is C22H16Cl2N4O. The Morgan fingerprint density at radius 3 is 2.62 bits per heavy atom. The summed E-state index contributed by atoms with van der Waals surface area (Å²) in [4.78, 5) is 24.3. The lowest BCUT2D eigenvalue weighted by Crippen LogP contribution is -2.31. The molecule has 5 nitrogen and oxygen atoms in total. The van der Waals surface area contributed by atoms with Crippen molar-refractivity contribution in [2.24, 2.45) is 0 Å². The Morgan fingerprint density at radius 1 is 0.966 bits per heavy atom. The van der Waals surface area contributed by atoms with Crippen molar-refractivity contribution in [2.75, 3.05) is 11.4 Å². The average molecular weight is 423 g/mol. The molecule has 1 aliphatic rings. The van der Waals surface area contributed by atoms with Gasteiger partial charge in [-0.1, -0.05) is 47.5 Å². The van der Waals surface area contributed by atoms with Gasteiger partial charge in [-0.2, -0.15) is 0 Å². The maximum Gasteiger partial charge on any atom is 0.266 e. The fraction of sp³-hybridized carbons (Fsp3) is 0.136. The van der Waals surface area contributed by atoms with E-state index in [-0.39, 0.29) is 5.56 Å². The summed E-state index contributed by atoms with van der Waals surface area (Å²) in [5.41, 5.74) is 3.72. The topological polar surface area (TPSA) is 51.0 Å². The van der Waals surface area contributed by atoms with Crippen LogP contribution < -0.4 is 10.5 Å². The first-order valence-electron chi connectivity index (χ1n) is 9.26. The number of aromatic nitrogens is 3. The van der Waals surface area contributed by atoms with E-state index in [0.717, 1.165) is 19.5 Å². The van der Waals surface area contributed by atoms with Gasteiger partial charge in [0, 0.05) is 25.5 Å². The standard InChI is InChI=1S/C22H16Cl2N4O/c23-18-6-5-16(11-19(18)24)28-10-8-20-17(21(28)29)12-25-22(26-20)27-9-7-14-3-1-2-4-15(14)13-27/h1-6,8,10-12H,7,9,13H2. The summed E-state index contributed by atoms with van der Waals surface area (Å²) in [6.45, 7) is 1.62. The second-order valence-electron chi connectivity index (χ2n) is 7.00. The lowest BCUT2D eigenvalue weighted by Gasteiger charge is -2.28. The first-order valence-corrected chi connectivity index (χ1v) is 10.0. The van der Waals surface area contributed by atoms with Gasteiger partial charge in [0.25, 0.3) is 5.56 Å². The first-order chi connectivity index (χ1) is 14.1. The van der Waals surface area contributed by atoms with Crippen LogP contribution in [0.4, 0.5) is 5.95 Å². The van der Waals surface area contributed by atoms with Gasteiger partial charge >= 0.3 is 0 Å². The van der Waals surface area contributed by atoms with Crippen LogP contribution in [0.3, 0.4) is 0 Å². The Hall–Kier alpha value is -2.89. The van der Waals surface area contributed by atoms with Crippen LogP contribution in [0.1, 0.15) is 11.1 Å². The molecule has 0 spiro atoms. The van der Waals surface area contributed by atoms with Gasteiger partial charge in [-0.25, -0.2) is 9.97 Å². The summed E-state index contributed by atoms with van der Waals surface area (Å²) in [7, 11) is 0. The van der Waals surface area contributed by atoms with Gasteiger partial charge in [-0.05, 0) is 41.8 Å². The fourth-order valence-corrected chi connectivity index (χ4v) is 3.97. The molecule has 0 amide bonds. The maximum atomic E-state index is 13.0. The molecule has 1 aliphatic heterocycles. The van der Waals surface area contributed by atoms with E-state index < -0.39 is 0 Å². The molecule has 0 fully saturated rings. The summed E-state index contributed by atoms with van der Waals surface area (Å²) in [5, 5.41) is 1.30. The van der Waals surface area contributed by atoms with E-state index in [0.29, 0.717) is 32.6 Å². The maximum absolute atomic E-state index is 13.0. The van der Waals surface area contributed by atoms with Crippen LogP contribution in [-0.2, 0) is 13.0 Å². The van der Waals surface area contributed by atoms with Crippen molar-refractivity contribution in [1.82, 2.24) is 14.5 Å². The third-order valence-corrected chi connectivity index (χ3v) is 5.97. The van der Waals surface area contributed by atoms with E-state index in [2.05, 4.69) is 39.1 Å². The molecule has 3 heterocycles. The largest absolute Gasteiger partial charge is 0.336 e. The zero-order valence-electron chi connectivity index (χ0n) is 15.3. The summed E-state index contributed by atoms with van der Waals surface area (Å²) in [6, 6.07) is 15.3. The summed E-state index contributed by atoms with van der Waals surface area (Å²) < 4.78 is 1.52. The van der Waals surface area contributed by atoms with Gasteiger partial charge in [0.2, 0.25) is 5.95 Å². The lowest BCUT2D eigenvalue weighted by molar-refractivity contribution is 0.710. The van der Waals surface area contributed by atoms with Crippen LogP contribution in [0.15, 0.2) is 65.7 Å². The predicted octanol–water partition coefficient (Wildman–Crippen LogP) is 4.65. The third kappa shape index (κ3) is 3.26. The van der Waals surface area contributed by atoms with Crippen LogP contribution in [0.25, 0.3) is 16.6 Å². The lowest BCUT2D eigenvalue weighted by atomic mass is 10.0. The number of nitrogens with zero attached hydrogens (tertiary/aromatic N) is 4. The van der Waals surface area contributed by atoms with Crippen molar-refractivity contribution in [3.05, 3.63) is 92.5 Å². The molecular weight excluding hydrogens is 407 g/mol. The molecule has 7 heteroatoms. The molecule has 29 heavy (non-hydrogen) atoms. The summed E-state index contributed by atoms with van der Waals surface area (Å²) >= 11 is 12.1. The number of fused-ring (bicyclic) bond motifs is 2. The van der Waals surface area contributed by atoms with Crippen molar-refractivity contribution in [1.29, 1.82) is 0 Å². The highest BCUT2D eigenvalue weighted by Gasteiger charge is 2.19. The molecule has 5 rings (SSSR count). The normalized spacial score (nSPS) is 13.5. The van der Waals surface area contributed by atoms with Crippen molar-refractivity contribution < 1.29 is 0 Å². The van der Waals surface area contributed by atoms with E-state index in [9.17, 15) is 4.79 Å². The number of hydrogen-bond donors (Lipinski definition) is 0. The van der Waals surface area contributed by atoms with Gasteiger partial charge in [-0.15, -0.1) is 0 Å². The molecule has 4 aromatic rings. The number of pyridine rings is 1. The molecule has 0 radical (unpaired) electrons. The SMILES string of the molecule is O=c1c2cnc(N3CCc4ccccc4C3)nc2ccn1-c1ccc(Cl)c(Cl)c1. The van der Waals surface area contributed by atoms with Crippen LogP contribution in [0, 0.1) is 0 Å². The smallest absolute Gasteiger partial charge is 0.266 e. The summed E-state index contributed by atoms with van der Waals surface area (Å²) in [6.07, 6.45) is 4.26. The summed E-state index contributed by atoms with van der Waals surface area (Å²) in [5.74, 6) is 0.638. The van der Waals surface area contributed by atoms with Crippen LogP contribution in [0.2, 0.25) is 10.0 Å². The minimum absolute atomic E-state index is 0.198. The minimum atomic E-state index is -0.198. The van der Waals surface area contributed by atoms with Gasteiger partial charge in [0.15, 0.2) is 0 Å². The van der Waals surface area contributed by atoms with Crippen LogP contribution in [-0.4, -0.2) is 21.1 Å². The predicted molar refractivity (Wildman–Crippen MR) is 116 cm³/mol.